The molecule has 0 amide bonds. The largest absolute Gasteiger partial charge is 0.468 e. The summed E-state index contributed by atoms with van der Waals surface area (Å²) < 4.78 is 12.5. The first-order valence-corrected chi connectivity index (χ1v) is 7.81. The summed E-state index contributed by atoms with van der Waals surface area (Å²) in [5, 5.41) is 0.690. The second kappa shape index (κ2) is 6.78. The van der Waals surface area contributed by atoms with Crippen LogP contribution in [0.25, 0.3) is 11.2 Å². The third-order valence-electron chi connectivity index (χ3n) is 3.29. The van der Waals surface area contributed by atoms with E-state index < -0.39 is 0 Å². The van der Waals surface area contributed by atoms with Gasteiger partial charge in [0.2, 0.25) is 0 Å². The molecule has 0 aromatic carbocycles. The number of nitrogen functional groups attached to an aromatic ring is 1. The Labute approximate surface area is 143 Å². The molecule has 0 atom stereocenters. The summed E-state index contributed by atoms with van der Waals surface area (Å²) in [5.41, 5.74) is 7.72. The van der Waals surface area contributed by atoms with E-state index in [1.807, 2.05) is 17.7 Å². The maximum atomic E-state index is 5.87. The molecule has 1 aliphatic rings. The summed E-state index contributed by atoms with van der Waals surface area (Å²) in [7, 11) is 1.86. The Hall–Kier alpha value is -2.76. The normalized spacial score (nSPS) is 15.6. The molecule has 1 aliphatic heterocycles. The van der Waals surface area contributed by atoms with Crippen molar-refractivity contribution in [1.29, 1.82) is 0 Å². The van der Waals surface area contributed by atoms with Gasteiger partial charge in [0.25, 0.3) is 0 Å². The second-order valence-corrected chi connectivity index (χ2v) is 5.87. The summed E-state index contributed by atoms with van der Waals surface area (Å²) in [6.07, 6.45) is 10.6. The highest BCUT2D eigenvalue weighted by atomic mass is 32.2. The summed E-state index contributed by atoms with van der Waals surface area (Å²) in [5.74, 6) is 3.43. The van der Waals surface area contributed by atoms with Crippen molar-refractivity contribution in [3.05, 3.63) is 41.3 Å². The van der Waals surface area contributed by atoms with E-state index in [1.165, 1.54) is 18.1 Å². The fraction of sp³-hybridized carbons (Fsp3) is 0.188. The molecule has 122 valence electrons. The summed E-state index contributed by atoms with van der Waals surface area (Å²) in [6, 6.07) is 0. The zero-order valence-electron chi connectivity index (χ0n) is 13.0. The molecular weight excluding hydrogens is 326 g/mol. The van der Waals surface area contributed by atoms with Crippen molar-refractivity contribution in [2.45, 2.75) is 5.16 Å². The molecule has 3 heterocycles. The monoisotopic (exact) mass is 341 g/mol. The average Bonchev–Trinajstić information content (AvgIpc) is 2.92. The maximum absolute atomic E-state index is 5.87. The number of anilines is 1. The van der Waals surface area contributed by atoms with Gasteiger partial charge in [-0.05, 0) is 12.2 Å². The van der Waals surface area contributed by atoms with E-state index in [4.69, 9.17) is 21.6 Å². The SMILES string of the molecule is C#CC1=CC(=C)OCOCC=C1Sc1nc2c(N)ncnc2n1C. The van der Waals surface area contributed by atoms with E-state index in [2.05, 4.69) is 27.5 Å². The predicted molar refractivity (Wildman–Crippen MR) is 92.6 cm³/mol. The van der Waals surface area contributed by atoms with Crippen LogP contribution in [0.2, 0.25) is 0 Å². The molecule has 24 heavy (non-hydrogen) atoms. The number of hydrogen-bond acceptors (Lipinski definition) is 7. The molecule has 2 aromatic heterocycles. The van der Waals surface area contributed by atoms with Crippen molar-refractivity contribution < 1.29 is 9.47 Å². The number of hydrogen-bond donors (Lipinski definition) is 1. The Morgan fingerprint density at radius 3 is 3.04 bits per heavy atom. The predicted octanol–water partition coefficient (Wildman–Crippen LogP) is 2.00. The molecule has 0 radical (unpaired) electrons. The minimum atomic E-state index is 0.125. The lowest BCUT2D eigenvalue weighted by molar-refractivity contribution is -0.00601. The van der Waals surface area contributed by atoms with Gasteiger partial charge in [-0.2, -0.15) is 0 Å². The third-order valence-corrected chi connectivity index (χ3v) is 4.44. The number of rotatable bonds is 2. The first kappa shape index (κ1) is 16.1. The van der Waals surface area contributed by atoms with Crippen molar-refractivity contribution in [2.75, 3.05) is 19.1 Å². The van der Waals surface area contributed by atoms with Gasteiger partial charge < -0.3 is 19.8 Å². The number of ether oxygens (including phenoxy) is 2. The number of imidazole rings is 1. The van der Waals surface area contributed by atoms with Crippen molar-refractivity contribution in [3.8, 4) is 12.3 Å². The van der Waals surface area contributed by atoms with Crippen LogP contribution in [0.15, 0.2) is 46.5 Å². The van der Waals surface area contributed by atoms with Gasteiger partial charge in [-0.1, -0.05) is 24.3 Å². The quantitative estimate of drug-likeness (QED) is 0.836. The second-order valence-electron chi connectivity index (χ2n) is 4.86. The van der Waals surface area contributed by atoms with Crippen molar-refractivity contribution >= 4 is 28.7 Å². The lowest BCUT2D eigenvalue weighted by Gasteiger charge is -2.06. The van der Waals surface area contributed by atoms with Crippen molar-refractivity contribution in [1.82, 2.24) is 19.5 Å². The van der Waals surface area contributed by atoms with Crippen molar-refractivity contribution in [2.24, 2.45) is 7.05 Å². The van der Waals surface area contributed by atoms with E-state index in [-0.39, 0.29) is 6.79 Å². The molecule has 2 N–H and O–H groups in total. The molecule has 0 aliphatic carbocycles. The van der Waals surface area contributed by atoms with Gasteiger partial charge in [0.15, 0.2) is 28.9 Å². The Morgan fingerprint density at radius 2 is 2.29 bits per heavy atom. The van der Waals surface area contributed by atoms with Crippen LogP contribution in [0.3, 0.4) is 0 Å². The van der Waals surface area contributed by atoms with Gasteiger partial charge in [-0.25, -0.2) is 15.0 Å². The van der Waals surface area contributed by atoms with Crippen LogP contribution in [0.1, 0.15) is 0 Å². The molecule has 0 saturated carbocycles. The van der Waals surface area contributed by atoms with Crippen LogP contribution in [-0.4, -0.2) is 32.9 Å². The van der Waals surface area contributed by atoms with E-state index >= 15 is 0 Å². The molecule has 0 saturated heterocycles. The fourth-order valence-corrected chi connectivity index (χ4v) is 3.02. The molecule has 8 heteroatoms. The highest BCUT2D eigenvalue weighted by Gasteiger charge is 2.16. The molecule has 0 unspecified atom stereocenters. The van der Waals surface area contributed by atoms with E-state index in [0.717, 1.165) is 4.91 Å². The Balaban J connectivity index is 2.02. The van der Waals surface area contributed by atoms with E-state index in [9.17, 15) is 0 Å². The first-order valence-electron chi connectivity index (χ1n) is 6.99. The number of aryl methyl sites for hydroxylation is 1. The lowest BCUT2D eigenvalue weighted by Crippen LogP contribution is -1.97. The van der Waals surface area contributed by atoms with Gasteiger partial charge in [-0.15, -0.1) is 6.42 Å². The first-order chi connectivity index (χ1) is 11.6. The summed E-state index contributed by atoms with van der Waals surface area (Å²) in [6.45, 7) is 4.28. The Morgan fingerprint density at radius 1 is 1.46 bits per heavy atom. The van der Waals surface area contributed by atoms with Crippen molar-refractivity contribution in [3.63, 3.8) is 0 Å². The number of thioether (sulfide) groups is 1. The molecule has 3 rings (SSSR count). The number of aromatic nitrogens is 4. The Bertz CT molecular complexity index is 907. The molecule has 0 spiro atoms. The average molecular weight is 341 g/mol. The number of allylic oxidation sites excluding steroid dienone is 2. The molecule has 7 nitrogen and oxygen atoms in total. The fourth-order valence-electron chi connectivity index (χ4n) is 2.08. The molecular formula is C16H15N5O2S. The van der Waals surface area contributed by atoms with Gasteiger partial charge in [0, 0.05) is 17.5 Å². The van der Waals surface area contributed by atoms with Crippen LogP contribution >= 0.6 is 11.8 Å². The van der Waals surface area contributed by atoms with E-state index in [0.29, 0.717) is 40.1 Å². The van der Waals surface area contributed by atoms with Gasteiger partial charge in [0.05, 0.1) is 6.61 Å². The maximum Gasteiger partial charge on any atom is 0.189 e. The highest BCUT2D eigenvalue weighted by molar-refractivity contribution is 8.03. The van der Waals surface area contributed by atoms with Crippen LogP contribution in [0, 0.1) is 12.3 Å². The summed E-state index contributed by atoms with van der Waals surface area (Å²) >= 11 is 1.39. The topological polar surface area (TPSA) is 88.1 Å². The van der Waals surface area contributed by atoms with Crippen LogP contribution in [0.4, 0.5) is 5.82 Å². The zero-order chi connectivity index (χ0) is 17.1. The minimum absolute atomic E-state index is 0.125. The molecule has 2 aromatic rings. The zero-order valence-corrected chi connectivity index (χ0v) is 13.8. The third kappa shape index (κ3) is 3.13. The van der Waals surface area contributed by atoms with Crippen LogP contribution < -0.4 is 5.73 Å². The number of nitrogens with two attached hydrogens (primary N) is 1. The summed E-state index contributed by atoms with van der Waals surface area (Å²) in [4.78, 5) is 13.5. The highest BCUT2D eigenvalue weighted by Crippen LogP contribution is 2.33. The number of fused-ring (bicyclic) bond motifs is 1. The molecule has 0 fully saturated rings. The lowest BCUT2D eigenvalue weighted by atomic mass is 10.2. The van der Waals surface area contributed by atoms with E-state index in [1.54, 1.807) is 6.08 Å². The standard InChI is InChI=1S/C16H15N5O2S/c1-4-11-7-10(2)23-9-22-6-5-12(11)24-16-20-13-14(17)18-8-19-15(13)21(16)3/h1,5,7-8H,2,6,9H2,3H3,(H2,17,18,19). The minimum Gasteiger partial charge on any atom is -0.468 e. The smallest absolute Gasteiger partial charge is 0.189 e. The van der Waals surface area contributed by atoms with Gasteiger partial charge in [0.1, 0.15) is 12.1 Å². The Kier molecular flexibility index (Phi) is 4.55. The molecule has 0 bridgehead atoms. The number of nitrogens with zero attached hydrogens (tertiary/aromatic N) is 4. The van der Waals surface area contributed by atoms with Gasteiger partial charge >= 0.3 is 0 Å². The van der Waals surface area contributed by atoms with Crippen LogP contribution in [-0.2, 0) is 16.5 Å². The van der Waals surface area contributed by atoms with Gasteiger partial charge in [-0.3, -0.25) is 0 Å². The van der Waals surface area contributed by atoms with Crippen LogP contribution in [0.5, 0.6) is 0 Å². The number of terminal acetylenes is 1.